The Morgan fingerprint density at radius 1 is 1.42 bits per heavy atom. The fourth-order valence-corrected chi connectivity index (χ4v) is 2.73. The monoisotopic (exact) mass is 274 g/mol. The zero-order valence-electron chi connectivity index (χ0n) is 10.7. The molecule has 98 valence electrons. The van der Waals surface area contributed by atoms with E-state index in [1.165, 1.54) is 6.33 Å². The normalized spacial score (nSPS) is 12.7. The molecule has 0 aliphatic heterocycles. The SMILES string of the molecule is CCC(Nc1cc(C)nc2ncnn12)c1nccs1. The van der Waals surface area contributed by atoms with Gasteiger partial charge < -0.3 is 5.32 Å². The minimum atomic E-state index is 0.175. The van der Waals surface area contributed by atoms with Crippen LogP contribution in [0.5, 0.6) is 0 Å². The topological polar surface area (TPSA) is 68.0 Å². The Balaban J connectivity index is 1.98. The third-order valence-electron chi connectivity index (χ3n) is 2.86. The predicted octanol–water partition coefficient (Wildman–Crippen LogP) is 2.45. The molecule has 6 nitrogen and oxygen atoms in total. The molecule has 0 radical (unpaired) electrons. The number of aryl methyl sites for hydroxylation is 1. The number of fused-ring (bicyclic) bond motifs is 1. The third kappa shape index (κ3) is 2.28. The Bertz CT molecular complexity index is 675. The fourth-order valence-electron chi connectivity index (χ4n) is 1.96. The van der Waals surface area contributed by atoms with Gasteiger partial charge in [-0.3, -0.25) is 0 Å². The third-order valence-corrected chi connectivity index (χ3v) is 3.75. The van der Waals surface area contributed by atoms with Gasteiger partial charge in [0.1, 0.15) is 17.2 Å². The van der Waals surface area contributed by atoms with Crippen LogP contribution in [-0.2, 0) is 0 Å². The van der Waals surface area contributed by atoms with Gasteiger partial charge in [0.05, 0.1) is 6.04 Å². The standard InChI is InChI=1S/C12H14N6S/c1-3-9(11-13-4-5-19-11)17-10-6-8(2)16-12-14-7-15-18(10)12/h4-7,9,17H,3H2,1-2H3. The van der Waals surface area contributed by atoms with Crippen molar-refractivity contribution in [3.63, 3.8) is 0 Å². The molecule has 0 aromatic carbocycles. The number of thiazole rings is 1. The minimum absolute atomic E-state index is 0.175. The first kappa shape index (κ1) is 12.0. The first-order valence-electron chi connectivity index (χ1n) is 6.11. The van der Waals surface area contributed by atoms with Crippen molar-refractivity contribution < 1.29 is 0 Å². The molecular formula is C12H14N6S. The summed E-state index contributed by atoms with van der Waals surface area (Å²) < 4.78 is 1.71. The Morgan fingerprint density at radius 3 is 3.05 bits per heavy atom. The van der Waals surface area contributed by atoms with Gasteiger partial charge in [-0.25, -0.2) is 9.97 Å². The fraction of sp³-hybridized carbons (Fsp3) is 0.333. The maximum Gasteiger partial charge on any atom is 0.254 e. The summed E-state index contributed by atoms with van der Waals surface area (Å²) in [5.74, 6) is 1.50. The summed E-state index contributed by atoms with van der Waals surface area (Å²) in [7, 11) is 0. The van der Waals surface area contributed by atoms with E-state index in [0.29, 0.717) is 5.78 Å². The van der Waals surface area contributed by atoms with E-state index in [1.54, 1.807) is 15.9 Å². The van der Waals surface area contributed by atoms with Crippen molar-refractivity contribution >= 4 is 22.9 Å². The second-order valence-corrected chi connectivity index (χ2v) is 5.16. The molecule has 3 rings (SSSR count). The lowest BCUT2D eigenvalue weighted by molar-refractivity contribution is 0.728. The number of rotatable bonds is 4. The van der Waals surface area contributed by atoms with Crippen molar-refractivity contribution in [1.29, 1.82) is 0 Å². The highest BCUT2D eigenvalue weighted by atomic mass is 32.1. The summed E-state index contributed by atoms with van der Waals surface area (Å²) in [6.07, 6.45) is 4.29. The van der Waals surface area contributed by atoms with Gasteiger partial charge in [-0.1, -0.05) is 6.92 Å². The zero-order chi connectivity index (χ0) is 13.2. The van der Waals surface area contributed by atoms with E-state index in [2.05, 4.69) is 32.3 Å². The number of hydrogen-bond donors (Lipinski definition) is 1. The van der Waals surface area contributed by atoms with Gasteiger partial charge in [0.15, 0.2) is 0 Å². The molecule has 0 saturated heterocycles. The van der Waals surface area contributed by atoms with E-state index in [9.17, 15) is 0 Å². The number of anilines is 1. The molecule has 0 aliphatic rings. The van der Waals surface area contributed by atoms with Gasteiger partial charge >= 0.3 is 0 Å². The summed E-state index contributed by atoms with van der Waals surface area (Å²) in [6, 6.07) is 2.15. The molecule has 0 aliphatic carbocycles. The molecule has 3 aromatic heterocycles. The smallest absolute Gasteiger partial charge is 0.254 e. The highest BCUT2D eigenvalue weighted by Gasteiger charge is 2.14. The Hall–Kier alpha value is -2.02. The van der Waals surface area contributed by atoms with Crippen molar-refractivity contribution in [2.45, 2.75) is 26.3 Å². The largest absolute Gasteiger partial charge is 0.361 e. The maximum atomic E-state index is 4.37. The second kappa shape index (κ2) is 4.93. The van der Waals surface area contributed by atoms with Gasteiger partial charge in [0, 0.05) is 23.3 Å². The van der Waals surface area contributed by atoms with Crippen LogP contribution >= 0.6 is 11.3 Å². The first-order valence-corrected chi connectivity index (χ1v) is 6.99. The molecule has 3 aromatic rings. The van der Waals surface area contributed by atoms with Crippen LogP contribution < -0.4 is 5.32 Å². The van der Waals surface area contributed by atoms with Crippen LogP contribution in [0.25, 0.3) is 5.78 Å². The average molecular weight is 274 g/mol. The van der Waals surface area contributed by atoms with Crippen molar-refractivity contribution in [3.05, 3.63) is 34.7 Å². The summed E-state index contributed by atoms with van der Waals surface area (Å²) in [4.78, 5) is 12.8. The van der Waals surface area contributed by atoms with E-state index in [1.807, 2.05) is 24.6 Å². The Kier molecular flexibility index (Phi) is 3.12. The lowest BCUT2D eigenvalue weighted by Gasteiger charge is -2.16. The van der Waals surface area contributed by atoms with E-state index >= 15 is 0 Å². The van der Waals surface area contributed by atoms with E-state index < -0.39 is 0 Å². The van der Waals surface area contributed by atoms with Crippen LogP contribution in [0.15, 0.2) is 24.0 Å². The molecule has 1 N–H and O–H groups in total. The molecule has 3 heterocycles. The molecule has 0 saturated carbocycles. The number of nitrogens with one attached hydrogen (secondary N) is 1. The molecule has 0 fully saturated rings. The van der Waals surface area contributed by atoms with Crippen LogP contribution in [0.1, 0.15) is 30.1 Å². The highest BCUT2D eigenvalue weighted by Crippen LogP contribution is 2.24. The lowest BCUT2D eigenvalue weighted by Crippen LogP contribution is -2.13. The van der Waals surface area contributed by atoms with Crippen molar-refractivity contribution in [1.82, 2.24) is 24.6 Å². The van der Waals surface area contributed by atoms with Crippen LogP contribution in [0, 0.1) is 6.92 Å². The predicted molar refractivity (Wildman–Crippen MR) is 74.3 cm³/mol. The first-order chi connectivity index (χ1) is 9.28. The van der Waals surface area contributed by atoms with Crippen LogP contribution in [-0.4, -0.2) is 24.6 Å². The highest BCUT2D eigenvalue weighted by molar-refractivity contribution is 7.09. The quantitative estimate of drug-likeness (QED) is 0.791. The second-order valence-electron chi connectivity index (χ2n) is 4.23. The molecule has 1 atom stereocenters. The van der Waals surface area contributed by atoms with Crippen LogP contribution in [0.2, 0.25) is 0 Å². The number of hydrogen-bond acceptors (Lipinski definition) is 6. The van der Waals surface area contributed by atoms with Gasteiger partial charge in [-0.2, -0.15) is 14.6 Å². The van der Waals surface area contributed by atoms with Gasteiger partial charge in [0.2, 0.25) is 0 Å². The average Bonchev–Trinajstić information content (AvgIpc) is 3.05. The summed E-state index contributed by atoms with van der Waals surface area (Å²) in [5.41, 5.74) is 0.914. The van der Waals surface area contributed by atoms with Gasteiger partial charge in [-0.05, 0) is 13.3 Å². The van der Waals surface area contributed by atoms with Crippen LogP contribution in [0.4, 0.5) is 5.82 Å². The summed E-state index contributed by atoms with van der Waals surface area (Å²) in [6.45, 7) is 4.08. The molecule has 0 bridgehead atoms. The van der Waals surface area contributed by atoms with Crippen LogP contribution in [0.3, 0.4) is 0 Å². The van der Waals surface area contributed by atoms with Crippen molar-refractivity contribution in [3.8, 4) is 0 Å². The van der Waals surface area contributed by atoms with E-state index in [4.69, 9.17) is 0 Å². The molecule has 7 heteroatoms. The number of aromatic nitrogens is 5. The Morgan fingerprint density at radius 2 is 2.32 bits per heavy atom. The molecular weight excluding hydrogens is 260 g/mol. The van der Waals surface area contributed by atoms with Crippen molar-refractivity contribution in [2.75, 3.05) is 5.32 Å². The van der Waals surface area contributed by atoms with Gasteiger partial charge in [0.25, 0.3) is 5.78 Å². The number of nitrogens with zero attached hydrogens (tertiary/aromatic N) is 5. The minimum Gasteiger partial charge on any atom is -0.361 e. The molecule has 0 amide bonds. The Labute approximate surface area is 114 Å². The van der Waals surface area contributed by atoms with E-state index in [0.717, 1.165) is 22.9 Å². The maximum absolute atomic E-state index is 4.37. The summed E-state index contributed by atoms with van der Waals surface area (Å²) in [5, 5.41) is 10.7. The molecule has 19 heavy (non-hydrogen) atoms. The zero-order valence-corrected chi connectivity index (χ0v) is 11.6. The van der Waals surface area contributed by atoms with Gasteiger partial charge in [-0.15, -0.1) is 11.3 Å². The lowest BCUT2D eigenvalue weighted by atomic mass is 10.2. The van der Waals surface area contributed by atoms with Crippen molar-refractivity contribution in [2.24, 2.45) is 0 Å². The summed E-state index contributed by atoms with van der Waals surface area (Å²) >= 11 is 1.65. The van der Waals surface area contributed by atoms with E-state index in [-0.39, 0.29) is 6.04 Å². The molecule has 0 spiro atoms. The molecule has 1 unspecified atom stereocenters.